The minimum atomic E-state index is -3.77. The first-order chi connectivity index (χ1) is 13.4. The second-order valence-electron chi connectivity index (χ2n) is 7.08. The molecule has 0 bridgehead atoms. The highest BCUT2D eigenvalue weighted by molar-refractivity contribution is 7.90. The van der Waals surface area contributed by atoms with Gasteiger partial charge in [-0.25, -0.2) is 21.6 Å². The highest BCUT2D eigenvalue weighted by atomic mass is 32.2. The van der Waals surface area contributed by atoms with Crippen LogP contribution in [-0.2, 0) is 20.0 Å². The first-order valence-electron chi connectivity index (χ1n) is 9.23. The van der Waals surface area contributed by atoms with Crippen LogP contribution in [-0.4, -0.2) is 40.3 Å². The van der Waals surface area contributed by atoms with E-state index in [-0.39, 0.29) is 22.4 Å². The fraction of sp³-hybridized carbons (Fsp3) is 0.300. The van der Waals surface area contributed by atoms with Crippen LogP contribution in [0, 0.1) is 0 Å². The quantitative estimate of drug-likeness (QED) is 0.782. The average Bonchev–Trinajstić information content (AvgIpc) is 3.52. The molecular weight excluding hydrogens is 396 g/mol. The SMILES string of the molecule is O=S(=O)(NC1CC1)c1cccc(S(=O)(=O)N2CC=C(c3ccccc3)CC2)c1. The molecule has 0 amide bonds. The molecular formula is C20H22N2O4S2. The van der Waals surface area contributed by atoms with Crippen LogP contribution >= 0.6 is 0 Å². The van der Waals surface area contributed by atoms with E-state index in [2.05, 4.69) is 4.72 Å². The Morgan fingerprint density at radius 3 is 2.25 bits per heavy atom. The Morgan fingerprint density at radius 2 is 1.61 bits per heavy atom. The normalized spacial score (nSPS) is 18.6. The molecule has 4 rings (SSSR count). The Balaban J connectivity index is 1.56. The zero-order valence-electron chi connectivity index (χ0n) is 15.3. The molecule has 8 heteroatoms. The van der Waals surface area contributed by atoms with Crippen LogP contribution < -0.4 is 4.72 Å². The molecule has 0 spiro atoms. The van der Waals surface area contributed by atoms with Gasteiger partial charge >= 0.3 is 0 Å². The van der Waals surface area contributed by atoms with Gasteiger partial charge in [0.2, 0.25) is 20.0 Å². The summed E-state index contributed by atoms with van der Waals surface area (Å²) in [5.74, 6) is 0. The van der Waals surface area contributed by atoms with Gasteiger partial charge in [0.05, 0.1) is 9.79 Å². The predicted molar refractivity (Wildman–Crippen MR) is 108 cm³/mol. The molecule has 2 aromatic carbocycles. The minimum Gasteiger partial charge on any atom is -0.208 e. The van der Waals surface area contributed by atoms with Gasteiger partial charge in [-0.3, -0.25) is 0 Å². The lowest BCUT2D eigenvalue weighted by atomic mass is 10.0. The lowest BCUT2D eigenvalue weighted by Gasteiger charge is -2.26. The third kappa shape index (κ3) is 4.05. The summed E-state index contributed by atoms with van der Waals surface area (Å²) in [6, 6.07) is 15.4. The van der Waals surface area contributed by atoms with Crippen molar-refractivity contribution in [1.29, 1.82) is 0 Å². The Morgan fingerprint density at radius 1 is 0.893 bits per heavy atom. The molecule has 28 heavy (non-hydrogen) atoms. The van der Waals surface area contributed by atoms with Crippen LogP contribution in [0.15, 0.2) is 70.5 Å². The molecule has 0 unspecified atom stereocenters. The summed E-state index contributed by atoms with van der Waals surface area (Å²) in [5.41, 5.74) is 2.22. The van der Waals surface area contributed by atoms with Gasteiger partial charge in [0.15, 0.2) is 0 Å². The van der Waals surface area contributed by atoms with Gasteiger partial charge in [0.25, 0.3) is 0 Å². The Kier molecular flexibility index (Phi) is 5.13. The van der Waals surface area contributed by atoms with Crippen LogP contribution in [0.1, 0.15) is 24.8 Å². The van der Waals surface area contributed by atoms with Gasteiger partial charge in [0.1, 0.15) is 0 Å². The summed E-state index contributed by atoms with van der Waals surface area (Å²) in [4.78, 5) is -0.0132. The van der Waals surface area contributed by atoms with Gasteiger partial charge < -0.3 is 0 Å². The van der Waals surface area contributed by atoms with Crippen LogP contribution in [0.5, 0.6) is 0 Å². The lowest BCUT2D eigenvalue weighted by molar-refractivity contribution is 0.441. The first kappa shape index (κ1) is 19.3. The minimum absolute atomic E-state index is 0.00253. The largest absolute Gasteiger partial charge is 0.243 e. The highest BCUT2D eigenvalue weighted by Crippen LogP contribution is 2.27. The number of nitrogens with one attached hydrogen (secondary N) is 1. The zero-order valence-corrected chi connectivity index (χ0v) is 16.9. The number of hydrogen-bond donors (Lipinski definition) is 1. The topological polar surface area (TPSA) is 83.5 Å². The molecule has 0 atom stereocenters. The van der Waals surface area contributed by atoms with Gasteiger partial charge in [-0.15, -0.1) is 0 Å². The smallest absolute Gasteiger partial charge is 0.208 e. The third-order valence-corrected chi connectivity index (χ3v) is 8.35. The van der Waals surface area contributed by atoms with Gasteiger partial charge in [0, 0.05) is 19.1 Å². The molecule has 1 heterocycles. The molecule has 1 fully saturated rings. The fourth-order valence-electron chi connectivity index (χ4n) is 3.22. The molecule has 1 saturated carbocycles. The summed E-state index contributed by atoms with van der Waals surface area (Å²) in [6.07, 6.45) is 4.18. The van der Waals surface area contributed by atoms with E-state index < -0.39 is 20.0 Å². The number of benzene rings is 2. The first-order valence-corrected chi connectivity index (χ1v) is 12.2. The second-order valence-corrected chi connectivity index (χ2v) is 10.7. The summed E-state index contributed by atoms with van der Waals surface area (Å²) >= 11 is 0. The van der Waals surface area contributed by atoms with Crippen molar-refractivity contribution >= 4 is 25.6 Å². The van der Waals surface area contributed by atoms with Crippen LogP contribution in [0.25, 0.3) is 5.57 Å². The number of rotatable bonds is 6. The molecule has 2 aromatic rings. The van der Waals surface area contributed by atoms with E-state index in [0.717, 1.165) is 24.0 Å². The number of nitrogens with zero attached hydrogens (tertiary/aromatic N) is 1. The molecule has 2 aliphatic rings. The third-order valence-electron chi connectivity index (χ3n) is 4.97. The summed E-state index contributed by atoms with van der Waals surface area (Å²) in [7, 11) is -7.47. The van der Waals surface area contributed by atoms with Crippen molar-refractivity contribution in [3.05, 3.63) is 66.2 Å². The molecule has 148 valence electrons. The maximum Gasteiger partial charge on any atom is 0.243 e. The van der Waals surface area contributed by atoms with E-state index in [1.807, 2.05) is 36.4 Å². The van der Waals surface area contributed by atoms with Crippen molar-refractivity contribution < 1.29 is 16.8 Å². The molecule has 1 N–H and O–H groups in total. The van der Waals surface area contributed by atoms with Crippen molar-refractivity contribution in [2.75, 3.05) is 13.1 Å². The van der Waals surface area contributed by atoms with Crippen LogP contribution in [0.4, 0.5) is 0 Å². The molecule has 1 aliphatic heterocycles. The maximum absolute atomic E-state index is 13.0. The standard InChI is InChI=1S/C20H22N2O4S2/c23-27(24,21-18-9-10-18)19-7-4-8-20(15-19)28(25,26)22-13-11-17(12-14-22)16-5-2-1-3-6-16/h1-8,11,15,18,21H,9-10,12-14H2. The summed E-state index contributed by atoms with van der Waals surface area (Å²) in [6.45, 7) is 0.629. The molecule has 1 aliphatic carbocycles. The van der Waals surface area contributed by atoms with E-state index in [9.17, 15) is 16.8 Å². The molecule has 6 nitrogen and oxygen atoms in total. The van der Waals surface area contributed by atoms with E-state index in [1.165, 1.54) is 28.6 Å². The van der Waals surface area contributed by atoms with E-state index in [1.54, 1.807) is 0 Å². The highest BCUT2D eigenvalue weighted by Gasteiger charge is 2.30. The average molecular weight is 419 g/mol. The Labute approximate surface area is 166 Å². The van der Waals surface area contributed by atoms with E-state index in [4.69, 9.17) is 0 Å². The van der Waals surface area contributed by atoms with Gasteiger partial charge in [-0.1, -0.05) is 42.5 Å². The van der Waals surface area contributed by atoms with Crippen LogP contribution in [0.2, 0.25) is 0 Å². The Bertz CT molecular complexity index is 1110. The predicted octanol–water partition coefficient (Wildman–Crippen LogP) is 2.61. The zero-order chi connectivity index (χ0) is 19.8. The van der Waals surface area contributed by atoms with Gasteiger partial charge in [-0.05, 0) is 48.6 Å². The lowest BCUT2D eigenvalue weighted by Crippen LogP contribution is -2.35. The molecule has 0 aromatic heterocycles. The summed E-state index contributed by atoms with van der Waals surface area (Å²) in [5, 5.41) is 0. The van der Waals surface area contributed by atoms with Crippen molar-refractivity contribution in [3.8, 4) is 0 Å². The van der Waals surface area contributed by atoms with E-state index >= 15 is 0 Å². The number of sulfonamides is 2. The van der Waals surface area contributed by atoms with Crippen LogP contribution in [0.3, 0.4) is 0 Å². The summed E-state index contributed by atoms with van der Waals surface area (Å²) < 4.78 is 54.8. The van der Waals surface area contributed by atoms with Gasteiger partial charge in [-0.2, -0.15) is 4.31 Å². The van der Waals surface area contributed by atoms with E-state index in [0.29, 0.717) is 13.0 Å². The fourth-order valence-corrected chi connectivity index (χ4v) is 6.07. The van der Waals surface area contributed by atoms with Crippen molar-refractivity contribution in [1.82, 2.24) is 9.03 Å². The van der Waals surface area contributed by atoms with Crippen molar-refractivity contribution in [2.45, 2.75) is 35.1 Å². The van der Waals surface area contributed by atoms with Crippen molar-refractivity contribution in [2.24, 2.45) is 0 Å². The second kappa shape index (κ2) is 7.44. The maximum atomic E-state index is 13.0. The Hall–Kier alpha value is -2.00. The van der Waals surface area contributed by atoms with Crippen molar-refractivity contribution in [3.63, 3.8) is 0 Å². The monoisotopic (exact) mass is 418 g/mol. The molecule has 0 radical (unpaired) electrons. The number of hydrogen-bond acceptors (Lipinski definition) is 4. The molecule has 0 saturated heterocycles.